The number of carbonyl (C=O) groups excluding carboxylic acids is 4. The fraction of sp³-hybridized carbons (Fsp3) is 0.235. The van der Waals surface area contributed by atoms with E-state index in [0.29, 0.717) is 34.1 Å². The molecule has 3 aliphatic carbocycles. The first-order valence-electron chi connectivity index (χ1n) is 13.6. The molecule has 198 valence electrons. The van der Waals surface area contributed by atoms with Crippen LogP contribution in [0.3, 0.4) is 0 Å². The van der Waals surface area contributed by atoms with Gasteiger partial charge < -0.3 is 5.11 Å². The first-order chi connectivity index (χ1) is 19.3. The second-order valence-electron chi connectivity index (χ2n) is 11.2. The molecule has 4 aliphatic rings. The van der Waals surface area contributed by atoms with Crippen LogP contribution in [0.4, 0.5) is 0 Å². The van der Waals surface area contributed by atoms with E-state index in [2.05, 4.69) is 0 Å². The molecular formula is C34H27NO5. The molecule has 0 aromatic heterocycles. The number of likely N-dealkylation sites (tertiary alicyclic amines) is 1. The molecule has 0 spiro atoms. The number of hydrogen-bond donors (Lipinski definition) is 1. The van der Waals surface area contributed by atoms with Gasteiger partial charge in [0, 0.05) is 33.6 Å². The highest BCUT2D eigenvalue weighted by atomic mass is 16.3. The summed E-state index contributed by atoms with van der Waals surface area (Å²) < 4.78 is 0. The minimum absolute atomic E-state index is 0.0599. The van der Waals surface area contributed by atoms with E-state index in [0.717, 1.165) is 16.5 Å². The second kappa shape index (κ2) is 8.98. The number of Topliss-reactive ketones (excluding diaryl/α,β-unsaturated/α-hetero) is 1. The Bertz CT molecular complexity index is 1740. The van der Waals surface area contributed by atoms with Gasteiger partial charge in [0.25, 0.3) is 0 Å². The molecule has 1 heterocycles. The van der Waals surface area contributed by atoms with Crippen molar-refractivity contribution in [2.24, 2.45) is 17.8 Å². The second-order valence-corrected chi connectivity index (χ2v) is 11.2. The Balaban J connectivity index is 1.37. The summed E-state index contributed by atoms with van der Waals surface area (Å²) in [5, 5.41) is 13.0. The topological polar surface area (TPSA) is 91.8 Å². The number of ketones is 2. The molecule has 4 unspecified atom stereocenters. The number of benzene rings is 3. The van der Waals surface area contributed by atoms with Gasteiger partial charge >= 0.3 is 0 Å². The van der Waals surface area contributed by atoms with Gasteiger partial charge in [0.15, 0.2) is 11.6 Å². The van der Waals surface area contributed by atoms with Crippen molar-refractivity contribution in [3.63, 3.8) is 0 Å². The average molecular weight is 530 g/mol. The van der Waals surface area contributed by atoms with Gasteiger partial charge in [0.05, 0.1) is 18.4 Å². The van der Waals surface area contributed by atoms with Crippen molar-refractivity contribution in [2.45, 2.75) is 32.2 Å². The van der Waals surface area contributed by atoms with Crippen LogP contribution in [0.1, 0.15) is 36.8 Å². The summed E-state index contributed by atoms with van der Waals surface area (Å²) in [5.74, 6) is -3.05. The third-order valence-electron chi connectivity index (χ3n) is 9.08. The third kappa shape index (κ3) is 3.48. The molecule has 4 atom stereocenters. The van der Waals surface area contributed by atoms with Crippen molar-refractivity contribution >= 4 is 34.2 Å². The van der Waals surface area contributed by atoms with E-state index in [1.807, 2.05) is 72.8 Å². The average Bonchev–Trinajstić information content (AvgIpc) is 3.21. The number of imide groups is 1. The van der Waals surface area contributed by atoms with E-state index in [1.54, 1.807) is 6.92 Å². The van der Waals surface area contributed by atoms with Crippen LogP contribution in [0.15, 0.2) is 101 Å². The first kappa shape index (κ1) is 24.5. The van der Waals surface area contributed by atoms with Gasteiger partial charge in [-0.2, -0.15) is 0 Å². The number of phenolic OH excluding ortho intramolecular Hbond substituents is 1. The number of hydrogen-bond acceptors (Lipinski definition) is 5. The van der Waals surface area contributed by atoms with Gasteiger partial charge in [0.2, 0.25) is 11.8 Å². The molecule has 1 aliphatic heterocycles. The van der Waals surface area contributed by atoms with Crippen LogP contribution in [0.25, 0.3) is 10.8 Å². The molecule has 1 N–H and O–H groups in total. The Morgan fingerprint density at radius 3 is 2.42 bits per heavy atom. The largest absolute Gasteiger partial charge is 0.507 e. The number of carbonyl (C=O) groups is 4. The predicted octanol–water partition coefficient (Wildman–Crippen LogP) is 5.18. The quantitative estimate of drug-likeness (QED) is 0.287. The summed E-state index contributed by atoms with van der Waals surface area (Å²) in [7, 11) is 0. The van der Waals surface area contributed by atoms with Gasteiger partial charge in [0.1, 0.15) is 5.75 Å². The van der Waals surface area contributed by atoms with E-state index in [-0.39, 0.29) is 42.1 Å². The molecule has 6 nitrogen and oxygen atoms in total. The van der Waals surface area contributed by atoms with Crippen LogP contribution in [-0.4, -0.2) is 33.4 Å². The van der Waals surface area contributed by atoms with Crippen LogP contribution in [0.2, 0.25) is 0 Å². The summed E-state index contributed by atoms with van der Waals surface area (Å²) >= 11 is 0. The molecule has 3 aromatic rings. The van der Waals surface area contributed by atoms with E-state index >= 15 is 0 Å². The summed E-state index contributed by atoms with van der Waals surface area (Å²) in [6.45, 7) is 1.84. The summed E-state index contributed by atoms with van der Waals surface area (Å²) in [6, 6.07) is 20.6. The smallest absolute Gasteiger partial charge is 0.234 e. The van der Waals surface area contributed by atoms with Crippen molar-refractivity contribution < 1.29 is 24.3 Å². The Labute approximate surface area is 231 Å². The number of phenols is 1. The molecule has 3 aromatic carbocycles. The van der Waals surface area contributed by atoms with Gasteiger partial charge in [-0.3, -0.25) is 24.1 Å². The molecule has 0 saturated carbocycles. The highest BCUT2D eigenvalue weighted by Crippen LogP contribution is 2.56. The van der Waals surface area contributed by atoms with Gasteiger partial charge in [-0.05, 0) is 42.7 Å². The lowest BCUT2D eigenvalue weighted by molar-refractivity contribution is -0.140. The van der Waals surface area contributed by atoms with Gasteiger partial charge in [-0.1, -0.05) is 78.4 Å². The number of allylic oxidation sites excluding steroid dienone is 6. The molecule has 0 radical (unpaired) electrons. The normalized spacial score (nSPS) is 26.0. The fourth-order valence-electron chi connectivity index (χ4n) is 7.23. The number of nitrogens with zero attached hydrogens (tertiary/aromatic N) is 1. The number of amides is 2. The highest BCUT2D eigenvalue weighted by molar-refractivity contribution is 6.24. The Hall–Kier alpha value is -4.58. The van der Waals surface area contributed by atoms with Crippen LogP contribution in [-0.2, 0) is 25.7 Å². The zero-order valence-electron chi connectivity index (χ0n) is 22.0. The van der Waals surface area contributed by atoms with Crippen molar-refractivity contribution in [1.29, 1.82) is 0 Å². The molecule has 40 heavy (non-hydrogen) atoms. The summed E-state index contributed by atoms with van der Waals surface area (Å²) in [6.07, 6.45) is 3.96. The lowest BCUT2D eigenvalue weighted by atomic mass is 9.59. The first-order valence-corrected chi connectivity index (χ1v) is 13.6. The van der Waals surface area contributed by atoms with E-state index in [1.165, 1.54) is 11.0 Å². The van der Waals surface area contributed by atoms with E-state index in [4.69, 9.17) is 0 Å². The maximum atomic E-state index is 13.9. The molecular weight excluding hydrogens is 502 g/mol. The number of rotatable bonds is 3. The molecule has 1 saturated heterocycles. The van der Waals surface area contributed by atoms with Crippen molar-refractivity contribution in [3.05, 3.63) is 112 Å². The Morgan fingerprint density at radius 2 is 1.62 bits per heavy atom. The molecule has 0 bridgehead atoms. The molecule has 1 fully saturated rings. The summed E-state index contributed by atoms with van der Waals surface area (Å²) in [5.41, 5.74) is 3.38. The van der Waals surface area contributed by atoms with Crippen molar-refractivity contribution in [3.8, 4) is 5.75 Å². The maximum Gasteiger partial charge on any atom is 0.234 e. The number of fused-ring (bicyclic) bond motifs is 4. The maximum absolute atomic E-state index is 13.9. The Morgan fingerprint density at radius 1 is 0.875 bits per heavy atom. The zero-order valence-corrected chi connectivity index (χ0v) is 22.0. The van der Waals surface area contributed by atoms with Crippen molar-refractivity contribution in [1.82, 2.24) is 4.90 Å². The SMILES string of the molecule is CC1=CC(=O)C2=C(CC3C(=CCC4C(=O)N(Cc5ccccc5)C(=O)C43)C2c2ccc3ccccc3c2O)C1=O. The van der Waals surface area contributed by atoms with Gasteiger partial charge in [-0.25, -0.2) is 0 Å². The van der Waals surface area contributed by atoms with E-state index in [9.17, 15) is 24.3 Å². The highest BCUT2D eigenvalue weighted by Gasteiger charge is 2.56. The minimum atomic E-state index is -0.675. The molecule has 7 rings (SSSR count). The molecule has 2 amide bonds. The lowest BCUT2D eigenvalue weighted by Gasteiger charge is -2.42. The monoisotopic (exact) mass is 529 g/mol. The van der Waals surface area contributed by atoms with Gasteiger partial charge in [-0.15, -0.1) is 0 Å². The predicted molar refractivity (Wildman–Crippen MR) is 149 cm³/mol. The third-order valence-corrected chi connectivity index (χ3v) is 9.08. The summed E-state index contributed by atoms with van der Waals surface area (Å²) in [4.78, 5) is 55.8. The Kier molecular flexibility index (Phi) is 5.49. The fourth-order valence-corrected chi connectivity index (χ4v) is 7.23. The van der Waals surface area contributed by atoms with E-state index < -0.39 is 23.7 Å². The zero-order chi connectivity index (χ0) is 27.7. The van der Waals surface area contributed by atoms with Crippen LogP contribution >= 0.6 is 0 Å². The number of aromatic hydroxyl groups is 1. The van der Waals surface area contributed by atoms with Crippen molar-refractivity contribution in [2.75, 3.05) is 0 Å². The standard InChI is InChI=1S/C34H27NO5/c1-18-15-27(36)30-26(31(18)37)16-25-22(28(30)23-12-11-20-9-5-6-10-21(20)32(23)38)13-14-24-29(25)34(40)35(33(24)39)17-19-7-3-2-4-8-19/h2-13,15,24-25,28-29,38H,14,16-17H2,1H3. The minimum Gasteiger partial charge on any atom is -0.507 e. The van der Waals surface area contributed by atoms with Crippen LogP contribution < -0.4 is 0 Å². The molecule has 6 heteroatoms. The van der Waals surface area contributed by atoms with Crippen LogP contribution in [0.5, 0.6) is 5.75 Å². The lowest BCUT2D eigenvalue weighted by Crippen LogP contribution is -2.39. The van der Waals surface area contributed by atoms with Crippen LogP contribution in [0, 0.1) is 17.8 Å².